The van der Waals surface area contributed by atoms with Crippen LogP contribution in [0.1, 0.15) is 5.56 Å². The first-order chi connectivity index (χ1) is 15.6. The fraction of sp³-hybridized carbons (Fsp3) is 0.292. The van der Waals surface area contributed by atoms with Gasteiger partial charge in [0.25, 0.3) is 0 Å². The number of nitrogen functional groups attached to an aromatic ring is 1. The summed E-state index contributed by atoms with van der Waals surface area (Å²) >= 11 is 0. The molecule has 0 spiro atoms. The normalized spacial score (nSPS) is 17.8. The van der Waals surface area contributed by atoms with Crippen LogP contribution in [0, 0.1) is 0 Å². The summed E-state index contributed by atoms with van der Waals surface area (Å²) in [5.41, 5.74) is 8.56. The molecule has 8 nitrogen and oxygen atoms in total. The van der Waals surface area contributed by atoms with Crippen LogP contribution in [0.25, 0.3) is 0 Å². The lowest BCUT2D eigenvalue weighted by molar-refractivity contribution is 0.173. The fourth-order valence-electron chi connectivity index (χ4n) is 3.93. The maximum atomic E-state index is 5.89. The minimum Gasteiger partial charge on any atom is -0.454 e. The number of hydrogen-bond donors (Lipinski definition) is 1. The van der Waals surface area contributed by atoms with E-state index in [1.165, 1.54) is 5.56 Å². The topological polar surface area (TPSA) is 87.2 Å². The van der Waals surface area contributed by atoms with Gasteiger partial charge in [-0.05, 0) is 35.9 Å². The van der Waals surface area contributed by atoms with Gasteiger partial charge in [-0.1, -0.05) is 12.1 Å². The highest BCUT2D eigenvalue weighted by Crippen LogP contribution is 2.33. The van der Waals surface area contributed by atoms with E-state index in [-0.39, 0.29) is 6.17 Å². The number of nitrogens with two attached hydrogens (primary N) is 1. The van der Waals surface area contributed by atoms with Crippen LogP contribution in [-0.2, 0) is 6.54 Å². The van der Waals surface area contributed by atoms with Crippen LogP contribution in [0.5, 0.6) is 23.1 Å². The highest BCUT2D eigenvalue weighted by Gasteiger charge is 2.25. The number of anilines is 2. The lowest BCUT2D eigenvalue weighted by Gasteiger charge is -2.38. The molecule has 0 bridgehead atoms. The molecule has 1 saturated heterocycles. The zero-order valence-corrected chi connectivity index (χ0v) is 18.0. The van der Waals surface area contributed by atoms with Gasteiger partial charge in [0.15, 0.2) is 11.5 Å². The van der Waals surface area contributed by atoms with E-state index in [4.69, 9.17) is 25.3 Å². The van der Waals surface area contributed by atoms with Gasteiger partial charge in [-0.15, -0.1) is 0 Å². The molecule has 1 radical (unpaired) electrons. The summed E-state index contributed by atoms with van der Waals surface area (Å²) in [6.07, 6.45) is 1.64. The minimum atomic E-state index is 0.0580. The first-order valence-electron chi connectivity index (χ1n) is 10.6. The van der Waals surface area contributed by atoms with Crippen molar-refractivity contribution in [2.45, 2.75) is 12.7 Å². The van der Waals surface area contributed by atoms with Gasteiger partial charge in [0.1, 0.15) is 11.9 Å². The van der Waals surface area contributed by atoms with E-state index in [9.17, 15) is 0 Å². The Hall–Kier alpha value is -3.49. The van der Waals surface area contributed by atoms with Crippen molar-refractivity contribution < 1.29 is 14.2 Å². The Morgan fingerprint density at radius 3 is 2.91 bits per heavy atom. The number of piperazine rings is 1. The van der Waals surface area contributed by atoms with Crippen molar-refractivity contribution in [1.82, 2.24) is 15.2 Å². The monoisotopic (exact) mass is 432 g/mol. The van der Waals surface area contributed by atoms with Gasteiger partial charge in [0.2, 0.25) is 12.7 Å². The quantitative estimate of drug-likeness (QED) is 0.641. The smallest absolute Gasteiger partial charge is 0.231 e. The zero-order chi connectivity index (χ0) is 21.9. The first-order valence-corrected chi connectivity index (χ1v) is 10.6. The summed E-state index contributed by atoms with van der Waals surface area (Å²) in [4.78, 5) is 8.82. The standard InChI is InChI=1S/C24H26N5O3/c1-28(19-3-2-4-20(12-19)32-24-8-6-18(25)13-27-24)23-15-29(10-9-26-23)14-17-5-7-21-22(11-17)31-16-30-21/h2-8,11-13,23H,9-10,14-16,25H2,1H3. The maximum Gasteiger partial charge on any atom is 0.231 e. The second-order valence-corrected chi connectivity index (χ2v) is 7.95. The van der Waals surface area contributed by atoms with E-state index in [1.807, 2.05) is 24.3 Å². The third-order valence-corrected chi connectivity index (χ3v) is 5.67. The molecule has 32 heavy (non-hydrogen) atoms. The molecule has 3 aromatic rings. The van der Waals surface area contributed by atoms with Gasteiger partial charge in [-0.25, -0.2) is 10.3 Å². The maximum absolute atomic E-state index is 5.89. The third-order valence-electron chi connectivity index (χ3n) is 5.67. The average molecular weight is 433 g/mol. The van der Waals surface area contributed by atoms with E-state index in [0.717, 1.165) is 49.1 Å². The van der Waals surface area contributed by atoms with Gasteiger partial charge < -0.3 is 24.8 Å². The van der Waals surface area contributed by atoms with Crippen molar-refractivity contribution in [3.63, 3.8) is 0 Å². The molecule has 1 unspecified atom stereocenters. The van der Waals surface area contributed by atoms with Gasteiger partial charge in [0.05, 0.1) is 11.9 Å². The summed E-state index contributed by atoms with van der Waals surface area (Å²) in [6.45, 7) is 3.72. The average Bonchev–Trinajstić information content (AvgIpc) is 3.28. The number of ether oxygens (including phenoxy) is 3. The molecule has 2 aromatic carbocycles. The van der Waals surface area contributed by atoms with Crippen LogP contribution < -0.4 is 30.2 Å². The lowest BCUT2D eigenvalue weighted by Crippen LogP contribution is -2.54. The summed E-state index contributed by atoms with van der Waals surface area (Å²) in [5.74, 6) is 2.87. The molecule has 1 atom stereocenters. The molecule has 1 aromatic heterocycles. The predicted octanol–water partition coefficient (Wildman–Crippen LogP) is 3.07. The highest BCUT2D eigenvalue weighted by molar-refractivity contribution is 5.52. The first kappa shape index (κ1) is 20.4. The number of nitrogens with zero attached hydrogens (tertiary/aromatic N) is 4. The van der Waals surface area contributed by atoms with Crippen molar-refractivity contribution in [1.29, 1.82) is 0 Å². The van der Waals surface area contributed by atoms with Crippen molar-refractivity contribution in [3.8, 4) is 23.1 Å². The number of rotatable bonds is 6. The molecule has 5 rings (SSSR count). The second-order valence-electron chi connectivity index (χ2n) is 7.95. The Kier molecular flexibility index (Phi) is 5.70. The Morgan fingerprint density at radius 2 is 2.03 bits per heavy atom. The highest BCUT2D eigenvalue weighted by atomic mass is 16.7. The SMILES string of the molecule is CN(c1cccc(Oc2ccc(N)cn2)c1)C1CN(Cc2ccc3c(c2)OCO3)CC[N]1. The van der Waals surface area contributed by atoms with Crippen LogP contribution >= 0.6 is 0 Å². The molecule has 1 fully saturated rings. The fourth-order valence-corrected chi connectivity index (χ4v) is 3.93. The Labute approximate surface area is 187 Å². The molecule has 2 N–H and O–H groups in total. The predicted molar refractivity (Wildman–Crippen MR) is 122 cm³/mol. The number of benzene rings is 2. The van der Waals surface area contributed by atoms with Crippen molar-refractivity contribution in [3.05, 3.63) is 66.4 Å². The molecule has 165 valence electrons. The number of pyridine rings is 1. The molecular formula is C24H26N5O3. The molecule has 3 heterocycles. The molecule has 0 amide bonds. The Morgan fingerprint density at radius 1 is 1.12 bits per heavy atom. The van der Waals surface area contributed by atoms with Crippen LogP contribution in [0.15, 0.2) is 60.8 Å². The summed E-state index contributed by atoms with van der Waals surface area (Å²) < 4.78 is 16.8. The largest absolute Gasteiger partial charge is 0.454 e. The van der Waals surface area contributed by atoms with Crippen molar-refractivity contribution >= 4 is 11.4 Å². The van der Waals surface area contributed by atoms with Gasteiger partial charge in [-0.2, -0.15) is 0 Å². The summed E-state index contributed by atoms with van der Waals surface area (Å²) in [5, 5.41) is 4.85. The van der Waals surface area contributed by atoms with Crippen LogP contribution in [-0.4, -0.2) is 49.5 Å². The molecule has 8 heteroatoms. The van der Waals surface area contributed by atoms with Gasteiger partial charge in [-0.3, -0.25) is 4.90 Å². The summed E-state index contributed by atoms with van der Waals surface area (Å²) in [6, 6.07) is 17.6. The molecule has 0 saturated carbocycles. The van der Waals surface area contributed by atoms with Crippen LogP contribution in [0.2, 0.25) is 0 Å². The van der Waals surface area contributed by atoms with Crippen LogP contribution in [0.3, 0.4) is 0 Å². The lowest BCUT2D eigenvalue weighted by atomic mass is 10.1. The van der Waals surface area contributed by atoms with E-state index >= 15 is 0 Å². The second kappa shape index (κ2) is 8.94. The molecular weight excluding hydrogens is 406 g/mol. The number of fused-ring (bicyclic) bond motifs is 1. The number of hydrogen-bond acceptors (Lipinski definition) is 7. The zero-order valence-electron chi connectivity index (χ0n) is 18.0. The van der Waals surface area contributed by atoms with E-state index < -0.39 is 0 Å². The van der Waals surface area contributed by atoms with E-state index in [0.29, 0.717) is 18.4 Å². The van der Waals surface area contributed by atoms with Gasteiger partial charge >= 0.3 is 0 Å². The van der Waals surface area contributed by atoms with Crippen molar-refractivity contribution in [2.75, 3.05) is 44.1 Å². The molecule has 2 aliphatic rings. The third kappa shape index (κ3) is 4.56. The Bertz CT molecular complexity index is 1080. The number of likely N-dealkylation sites (N-methyl/N-ethyl adjacent to an activating group) is 1. The minimum absolute atomic E-state index is 0.0580. The molecule has 2 aliphatic heterocycles. The van der Waals surface area contributed by atoms with Crippen LogP contribution in [0.4, 0.5) is 11.4 Å². The van der Waals surface area contributed by atoms with E-state index in [2.05, 4.69) is 40.0 Å². The summed E-state index contributed by atoms with van der Waals surface area (Å²) in [7, 11) is 2.07. The molecule has 0 aliphatic carbocycles. The number of aromatic nitrogens is 1. The van der Waals surface area contributed by atoms with Gasteiger partial charge in [0, 0.05) is 51.0 Å². The Balaban J connectivity index is 1.24. The van der Waals surface area contributed by atoms with Crippen molar-refractivity contribution in [2.24, 2.45) is 0 Å². The van der Waals surface area contributed by atoms with E-state index in [1.54, 1.807) is 18.3 Å².